The van der Waals surface area contributed by atoms with Gasteiger partial charge in [-0.3, -0.25) is 0 Å². The normalized spacial score (nSPS) is 11.8. The quantitative estimate of drug-likeness (QED) is 0.152. The van der Waals surface area contributed by atoms with Crippen LogP contribution < -0.4 is 0 Å². The lowest BCUT2D eigenvalue weighted by atomic mass is 9.99. The second kappa shape index (κ2) is 22.8. The number of hydrogen-bond donors (Lipinski definition) is 0. The number of benzene rings is 14. The molecule has 96 heavy (non-hydrogen) atoms. The predicted octanol–water partition coefficient (Wildman–Crippen LogP) is 23.6. The van der Waals surface area contributed by atoms with Gasteiger partial charge in [-0.15, -0.1) is 22.7 Å². The molecule has 9 heteroatoms. The van der Waals surface area contributed by atoms with Crippen LogP contribution in [0, 0.1) is 0 Å². The molecular formula is C87H53N7S2. The number of fused-ring (bicyclic) bond motifs is 20. The van der Waals surface area contributed by atoms with E-state index in [-0.39, 0.29) is 0 Å². The second-order valence-corrected chi connectivity index (χ2v) is 26.3. The van der Waals surface area contributed by atoms with Crippen molar-refractivity contribution in [3.05, 3.63) is 322 Å². The molecule has 0 N–H and O–H groups in total. The zero-order valence-electron chi connectivity index (χ0n) is 51.5. The molecule has 0 aliphatic heterocycles. The number of aromatic nitrogens is 7. The first-order chi connectivity index (χ1) is 47.6. The van der Waals surface area contributed by atoms with Crippen molar-refractivity contribution in [3.8, 4) is 79.4 Å². The summed E-state index contributed by atoms with van der Waals surface area (Å²) in [5, 5.41) is 15.5. The molecule has 6 aromatic heterocycles. The van der Waals surface area contributed by atoms with Crippen molar-refractivity contribution in [3.63, 3.8) is 0 Å². The second-order valence-electron chi connectivity index (χ2n) is 24.2. The molecule has 0 saturated heterocycles. The average Bonchev–Trinajstić information content (AvgIpc) is 1.54. The summed E-state index contributed by atoms with van der Waals surface area (Å²) in [7, 11) is 0. The molecule has 0 unspecified atom stereocenters. The molecule has 0 aliphatic carbocycles. The Labute approximate surface area is 559 Å². The van der Waals surface area contributed by atoms with E-state index < -0.39 is 0 Å². The Bertz CT molecular complexity index is 5940. The smallest absolute Gasteiger partial charge is 0.164 e. The van der Waals surface area contributed by atoms with Crippen LogP contribution in [-0.4, -0.2) is 34.1 Å². The standard InChI is InChI=1S/C44H27N3S.C43H26N4S/c1-3-14-28(15-4-1)36-27-37(29-16-5-2-6-17-29)46-44(45-36)30-18-13-19-31(26-30)47-38-24-11-9-22-34(38)40-32-20-7-8-21-33(32)41-35-23-10-12-25-39(35)48-43(41)42(40)47;1-3-14-27(15-4-1)41-44-42(28-16-5-2-6-17-28)46-43(45-41)29-18-13-19-30(26-29)47-35-24-11-9-22-33(35)37-31-20-7-8-21-32(31)38-34-23-10-12-25-36(34)48-40(38)39(37)47/h1-27H;1-26H. The largest absolute Gasteiger partial charge is 0.308 e. The summed E-state index contributed by atoms with van der Waals surface area (Å²) in [6, 6.07) is 113. The summed E-state index contributed by atoms with van der Waals surface area (Å²) in [5.41, 5.74) is 14.7. The molecule has 0 bridgehead atoms. The van der Waals surface area contributed by atoms with Gasteiger partial charge in [0.1, 0.15) is 0 Å². The van der Waals surface area contributed by atoms with Crippen LogP contribution >= 0.6 is 22.7 Å². The van der Waals surface area contributed by atoms with E-state index in [1.165, 1.54) is 106 Å². The first kappa shape index (κ1) is 55.4. The molecule has 0 spiro atoms. The third kappa shape index (κ3) is 9.12. The third-order valence-corrected chi connectivity index (χ3v) is 20.9. The Hall–Kier alpha value is -12.3. The Morgan fingerprint density at radius 3 is 0.927 bits per heavy atom. The first-order valence-electron chi connectivity index (χ1n) is 32.2. The molecule has 7 nitrogen and oxygen atoms in total. The van der Waals surface area contributed by atoms with Crippen molar-refractivity contribution in [2.75, 3.05) is 0 Å². The molecule has 0 atom stereocenters. The van der Waals surface area contributed by atoms with Crippen molar-refractivity contribution in [2.24, 2.45) is 0 Å². The molecule has 0 saturated carbocycles. The fourth-order valence-corrected chi connectivity index (χ4v) is 16.9. The van der Waals surface area contributed by atoms with Crippen LogP contribution in [0.25, 0.3) is 185 Å². The Kier molecular flexibility index (Phi) is 13.1. The van der Waals surface area contributed by atoms with E-state index in [4.69, 9.17) is 24.9 Å². The average molecular weight is 1260 g/mol. The number of thiophene rings is 2. The van der Waals surface area contributed by atoms with Gasteiger partial charge < -0.3 is 9.13 Å². The molecule has 20 aromatic rings. The van der Waals surface area contributed by atoms with Crippen molar-refractivity contribution >= 4 is 128 Å². The summed E-state index contributed by atoms with van der Waals surface area (Å²) in [4.78, 5) is 25.3. The van der Waals surface area contributed by atoms with Crippen molar-refractivity contribution in [1.82, 2.24) is 34.1 Å². The molecule has 0 aliphatic rings. The monoisotopic (exact) mass is 1260 g/mol. The van der Waals surface area contributed by atoms with Gasteiger partial charge in [-0.1, -0.05) is 267 Å². The molecule has 0 radical (unpaired) electrons. The molecule has 20 rings (SSSR count). The van der Waals surface area contributed by atoms with Crippen LogP contribution in [0.4, 0.5) is 0 Å². The molecule has 6 heterocycles. The van der Waals surface area contributed by atoms with E-state index in [1.54, 1.807) is 0 Å². The maximum absolute atomic E-state index is 5.15. The minimum atomic E-state index is 0.641. The lowest BCUT2D eigenvalue weighted by Gasteiger charge is -2.13. The fourth-order valence-electron chi connectivity index (χ4n) is 14.4. The minimum absolute atomic E-state index is 0.641. The van der Waals surface area contributed by atoms with Gasteiger partial charge >= 0.3 is 0 Å². The topological polar surface area (TPSA) is 74.3 Å². The van der Waals surface area contributed by atoms with Crippen LogP contribution in [0.15, 0.2) is 322 Å². The third-order valence-electron chi connectivity index (χ3n) is 18.6. The van der Waals surface area contributed by atoms with Crippen LogP contribution in [0.2, 0.25) is 0 Å². The highest BCUT2D eigenvalue weighted by molar-refractivity contribution is 7.27. The zero-order chi connectivity index (χ0) is 63.2. The highest BCUT2D eigenvalue weighted by Crippen LogP contribution is 2.50. The van der Waals surface area contributed by atoms with E-state index in [9.17, 15) is 0 Å². The maximum atomic E-state index is 5.15. The van der Waals surface area contributed by atoms with Crippen molar-refractivity contribution in [2.45, 2.75) is 0 Å². The number of para-hydroxylation sites is 2. The molecule has 448 valence electrons. The summed E-state index contributed by atoms with van der Waals surface area (Å²) >= 11 is 3.76. The fraction of sp³-hybridized carbons (Fsp3) is 0. The molecule has 0 fully saturated rings. The van der Waals surface area contributed by atoms with Gasteiger partial charge in [-0.2, -0.15) is 0 Å². The first-order valence-corrected chi connectivity index (χ1v) is 33.9. The van der Waals surface area contributed by atoms with Crippen LogP contribution in [-0.2, 0) is 0 Å². The summed E-state index contributed by atoms with van der Waals surface area (Å²) in [6.45, 7) is 0. The van der Waals surface area contributed by atoms with Crippen LogP contribution in [0.5, 0.6) is 0 Å². The van der Waals surface area contributed by atoms with Gasteiger partial charge in [0.15, 0.2) is 23.3 Å². The van der Waals surface area contributed by atoms with Gasteiger partial charge in [0.25, 0.3) is 0 Å². The van der Waals surface area contributed by atoms with Gasteiger partial charge in [0, 0.05) is 97.2 Å². The van der Waals surface area contributed by atoms with Gasteiger partial charge in [-0.05, 0) is 76.1 Å². The minimum Gasteiger partial charge on any atom is -0.308 e. The summed E-state index contributed by atoms with van der Waals surface area (Å²) in [6.07, 6.45) is 0. The zero-order valence-corrected chi connectivity index (χ0v) is 53.2. The van der Waals surface area contributed by atoms with Crippen LogP contribution in [0.3, 0.4) is 0 Å². The van der Waals surface area contributed by atoms with E-state index in [0.717, 1.165) is 56.1 Å². The SMILES string of the molecule is c1ccc(-c2cc(-c3ccccc3)nc(-c3cccc(-n4c5ccccc5c5c6ccccc6c6c7ccccc7sc6c54)c3)n2)cc1.c1ccc(-c2nc(-c3ccccc3)nc(-c3cccc(-n4c5ccccc5c5c6ccccc6c6c7ccccc7sc6c54)c3)n2)cc1. The summed E-state index contributed by atoms with van der Waals surface area (Å²) < 4.78 is 10.1. The Morgan fingerprint density at radius 2 is 0.521 bits per heavy atom. The van der Waals surface area contributed by atoms with E-state index >= 15 is 0 Å². The van der Waals surface area contributed by atoms with E-state index in [1.807, 2.05) is 95.5 Å². The van der Waals surface area contributed by atoms with Crippen molar-refractivity contribution in [1.29, 1.82) is 0 Å². The van der Waals surface area contributed by atoms with Crippen molar-refractivity contribution < 1.29 is 0 Å². The molecule has 0 amide bonds. The van der Waals surface area contributed by atoms with E-state index in [2.05, 4.69) is 258 Å². The predicted molar refractivity (Wildman–Crippen MR) is 404 cm³/mol. The highest BCUT2D eigenvalue weighted by Gasteiger charge is 2.25. The highest BCUT2D eigenvalue weighted by atomic mass is 32.1. The van der Waals surface area contributed by atoms with E-state index in [0.29, 0.717) is 23.3 Å². The lowest BCUT2D eigenvalue weighted by Crippen LogP contribution is -2.01. The Morgan fingerprint density at radius 1 is 0.219 bits per heavy atom. The lowest BCUT2D eigenvalue weighted by molar-refractivity contribution is 1.07. The number of hydrogen-bond acceptors (Lipinski definition) is 7. The molecular weight excluding hydrogens is 1210 g/mol. The van der Waals surface area contributed by atoms with Gasteiger partial charge in [0.2, 0.25) is 0 Å². The molecule has 14 aromatic carbocycles. The number of rotatable bonds is 8. The maximum Gasteiger partial charge on any atom is 0.164 e. The summed E-state index contributed by atoms with van der Waals surface area (Å²) in [5.74, 6) is 2.65. The number of nitrogens with zero attached hydrogens (tertiary/aromatic N) is 7. The van der Waals surface area contributed by atoms with Crippen LogP contribution in [0.1, 0.15) is 0 Å². The Balaban J connectivity index is 0.000000135. The van der Waals surface area contributed by atoms with Gasteiger partial charge in [-0.25, -0.2) is 24.9 Å². The van der Waals surface area contributed by atoms with Gasteiger partial charge in [0.05, 0.1) is 42.9 Å².